The number of fused-ring (bicyclic) bond motifs is 1. The van der Waals surface area contributed by atoms with Gasteiger partial charge in [-0.15, -0.1) is 0 Å². The Balaban J connectivity index is 2.01. The lowest BCUT2D eigenvalue weighted by Gasteiger charge is -2.10. The fourth-order valence-electron chi connectivity index (χ4n) is 2.23. The molecule has 1 amide bonds. The standard InChI is InChI=1S/C17H12FNO2/c18-14-8-4-3-7-13(14)17(21)19-15-9-10-16(20)12-6-2-1-5-11(12)15/h1-10,20H,(H,19,21). The molecule has 2 N–H and O–H groups in total. The largest absolute Gasteiger partial charge is 0.507 e. The molecule has 0 atom stereocenters. The van der Waals surface area contributed by atoms with Crippen molar-refractivity contribution in [2.24, 2.45) is 0 Å². The fraction of sp³-hybridized carbons (Fsp3) is 0. The maximum atomic E-state index is 13.6. The normalized spacial score (nSPS) is 10.5. The van der Waals surface area contributed by atoms with Crippen LogP contribution in [0.4, 0.5) is 10.1 Å². The highest BCUT2D eigenvalue weighted by Crippen LogP contribution is 2.30. The Morgan fingerprint density at radius 2 is 1.57 bits per heavy atom. The van der Waals surface area contributed by atoms with Crippen LogP contribution in [0.1, 0.15) is 10.4 Å². The molecule has 0 heterocycles. The van der Waals surface area contributed by atoms with E-state index < -0.39 is 11.7 Å². The molecule has 0 aliphatic carbocycles. The number of carbonyl (C=O) groups excluding carboxylic acids is 1. The van der Waals surface area contributed by atoms with E-state index in [1.807, 2.05) is 0 Å². The molecule has 0 aliphatic rings. The van der Waals surface area contributed by atoms with E-state index in [1.165, 1.54) is 24.3 Å². The minimum absolute atomic E-state index is 0.0188. The molecule has 0 fully saturated rings. The van der Waals surface area contributed by atoms with Crippen LogP contribution >= 0.6 is 0 Å². The third-order valence-corrected chi connectivity index (χ3v) is 3.27. The highest BCUT2D eigenvalue weighted by molar-refractivity contribution is 6.10. The number of halogens is 1. The van der Waals surface area contributed by atoms with Crippen LogP contribution in [0, 0.1) is 5.82 Å². The molecular weight excluding hydrogens is 269 g/mol. The number of phenolic OH excluding ortho intramolecular Hbond substituents is 1. The van der Waals surface area contributed by atoms with Crippen LogP contribution in [0.5, 0.6) is 5.75 Å². The number of hydrogen-bond acceptors (Lipinski definition) is 2. The summed E-state index contributed by atoms with van der Waals surface area (Å²) in [6.07, 6.45) is 0. The van der Waals surface area contributed by atoms with E-state index in [0.29, 0.717) is 16.5 Å². The van der Waals surface area contributed by atoms with Crippen LogP contribution in [0.25, 0.3) is 10.8 Å². The number of phenols is 1. The van der Waals surface area contributed by atoms with Crippen molar-refractivity contribution >= 4 is 22.4 Å². The molecule has 0 unspecified atom stereocenters. The van der Waals surface area contributed by atoms with Gasteiger partial charge in [0.15, 0.2) is 0 Å². The highest BCUT2D eigenvalue weighted by atomic mass is 19.1. The third-order valence-electron chi connectivity index (χ3n) is 3.27. The molecule has 0 spiro atoms. The van der Waals surface area contributed by atoms with Gasteiger partial charge in [-0.05, 0) is 24.3 Å². The summed E-state index contributed by atoms with van der Waals surface area (Å²) in [6, 6.07) is 16.0. The first kappa shape index (κ1) is 13.1. The average molecular weight is 281 g/mol. The minimum atomic E-state index is -0.571. The second kappa shape index (κ2) is 5.25. The zero-order valence-electron chi connectivity index (χ0n) is 11.0. The van der Waals surface area contributed by atoms with Gasteiger partial charge < -0.3 is 10.4 Å². The van der Waals surface area contributed by atoms with Crippen molar-refractivity contribution in [2.45, 2.75) is 0 Å². The first-order chi connectivity index (χ1) is 10.2. The van der Waals surface area contributed by atoms with Gasteiger partial charge in [-0.3, -0.25) is 4.79 Å². The summed E-state index contributed by atoms with van der Waals surface area (Å²) in [6.45, 7) is 0. The highest BCUT2D eigenvalue weighted by Gasteiger charge is 2.13. The van der Waals surface area contributed by atoms with Crippen LogP contribution in [-0.2, 0) is 0 Å². The Labute approximate surface area is 120 Å². The second-order valence-corrected chi connectivity index (χ2v) is 4.61. The maximum absolute atomic E-state index is 13.6. The number of aromatic hydroxyl groups is 1. The molecule has 0 aromatic heterocycles. The zero-order valence-corrected chi connectivity index (χ0v) is 11.0. The smallest absolute Gasteiger partial charge is 0.258 e. The third kappa shape index (κ3) is 2.43. The van der Waals surface area contributed by atoms with E-state index in [4.69, 9.17) is 0 Å². The SMILES string of the molecule is O=C(Nc1ccc(O)c2ccccc12)c1ccccc1F. The van der Waals surface area contributed by atoms with E-state index in [9.17, 15) is 14.3 Å². The molecule has 104 valence electrons. The minimum Gasteiger partial charge on any atom is -0.507 e. The number of hydrogen-bond donors (Lipinski definition) is 2. The van der Waals surface area contributed by atoms with Crippen molar-refractivity contribution in [1.29, 1.82) is 0 Å². The lowest BCUT2D eigenvalue weighted by atomic mass is 10.1. The van der Waals surface area contributed by atoms with Crippen molar-refractivity contribution < 1.29 is 14.3 Å². The van der Waals surface area contributed by atoms with Gasteiger partial charge in [0.2, 0.25) is 0 Å². The predicted molar refractivity (Wildman–Crippen MR) is 80.0 cm³/mol. The van der Waals surface area contributed by atoms with Crippen molar-refractivity contribution in [3.63, 3.8) is 0 Å². The molecular formula is C17H12FNO2. The molecule has 3 rings (SSSR count). The lowest BCUT2D eigenvalue weighted by molar-refractivity contribution is 0.102. The number of benzene rings is 3. The summed E-state index contributed by atoms with van der Waals surface area (Å²) in [5.41, 5.74) is 0.506. The molecule has 0 aliphatic heterocycles. The molecule has 3 nitrogen and oxygen atoms in total. The average Bonchev–Trinajstić information content (AvgIpc) is 2.51. The van der Waals surface area contributed by atoms with Crippen LogP contribution in [0.15, 0.2) is 60.7 Å². The maximum Gasteiger partial charge on any atom is 0.258 e. The summed E-state index contributed by atoms with van der Waals surface area (Å²) in [5.74, 6) is -0.962. The summed E-state index contributed by atoms with van der Waals surface area (Å²) in [7, 11) is 0. The molecule has 0 bridgehead atoms. The van der Waals surface area contributed by atoms with Gasteiger partial charge in [0.05, 0.1) is 5.56 Å². The molecule has 3 aromatic rings. The summed E-state index contributed by atoms with van der Waals surface area (Å²) >= 11 is 0. The monoisotopic (exact) mass is 281 g/mol. The number of nitrogens with one attached hydrogen (secondary N) is 1. The van der Waals surface area contributed by atoms with E-state index >= 15 is 0 Å². The first-order valence-electron chi connectivity index (χ1n) is 6.43. The van der Waals surface area contributed by atoms with E-state index in [1.54, 1.807) is 36.4 Å². The molecule has 3 aromatic carbocycles. The Morgan fingerprint density at radius 1 is 0.905 bits per heavy atom. The predicted octanol–water partition coefficient (Wildman–Crippen LogP) is 3.94. The van der Waals surface area contributed by atoms with Crippen LogP contribution in [-0.4, -0.2) is 11.0 Å². The molecule has 0 saturated heterocycles. The molecule has 4 heteroatoms. The lowest BCUT2D eigenvalue weighted by Crippen LogP contribution is -2.13. The zero-order chi connectivity index (χ0) is 14.8. The van der Waals surface area contributed by atoms with Gasteiger partial charge in [0.25, 0.3) is 5.91 Å². The number of anilines is 1. The first-order valence-corrected chi connectivity index (χ1v) is 6.43. The van der Waals surface area contributed by atoms with Gasteiger partial charge in [0, 0.05) is 16.5 Å². The molecule has 21 heavy (non-hydrogen) atoms. The topological polar surface area (TPSA) is 49.3 Å². The van der Waals surface area contributed by atoms with Crippen LogP contribution in [0.3, 0.4) is 0 Å². The summed E-state index contributed by atoms with van der Waals surface area (Å²) in [4.78, 5) is 12.1. The van der Waals surface area contributed by atoms with Gasteiger partial charge in [0.1, 0.15) is 11.6 Å². The van der Waals surface area contributed by atoms with Crippen molar-refractivity contribution in [3.8, 4) is 5.75 Å². The number of amides is 1. The molecule has 0 saturated carbocycles. The summed E-state index contributed by atoms with van der Waals surface area (Å²) < 4.78 is 13.6. The van der Waals surface area contributed by atoms with Crippen molar-refractivity contribution in [1.82, 2.24) is 0 Å². The van der Waals surface area contributed by atoms with Gasteiger partial charge in [-0.2, -0.15) is 0 Å². The van der Waals surface area contributed by atoms with Crippen molar-refractivity contribution in [3.05, 3.63) is 72.0 Å². The summed E-state index contributed by atoms with van der Waals surface area (Å²) in [5, 5.41) is 13.8. The Hall–Kier alpha value is -2.88. The number of carbonyl (C=O) groups is 1. The van der Waals surface area contributed by atoms with E-state index in [0.717, 1.165) is 0 Å². The van der Waals surface area contributed by atoms with Crippen molar-refractivity contribution in [2.75, 3.05) is 5.32 Å². The van der Waals surface area contributed by atoms with Crippen LogP contribution < -0.4 is 5.32 Å². The van der Waals surface area contributed by atoms with Gasteiger partial charge in [-0.25, -0.2) is 4.39 Å². The van der Waals surface area contributed by atoms with Gasteiger partial charge >= 0.3 is 0 Å². The van der Waals surface area contributed by atoms with E-state index in [2.05, 4.69) is 5.32 Å². The number of rotatable bonds is 2. The Kier molecular flexibility index (Phi) is 3.28. The van der Waals surface area contributed by atoms with Gasteiger partial charge in [-0.1, -0.05) is 36.4 Å². The van der Waals surface area contributed by atoms with E-state index in [-0.39, 0.29) is 11.3 Å². The molecule has 0 radical (unpaired) electrons. The second-order valence-electron chi connectivity index (χ2n) is 4.61. The van der Waals surface area contributed by atoms with Crippen LogP contribution in [0.2, 0.25) is 0 Å². The Morgan fingerprint density at radius 3 is 2.33 bits per heavy atom. The quantitative estimate of drug-likeness (QED) is 0.699. The fourth-order valence-corrected chi connectivity index (χ4v) is 2.23. The Bertz CT molecular complexity index is 830.